The average Bonchev–Trinajstić information content (AvgIpc) is 2.25. The summed E-state index contributed by atoms with van der Waals surface area (Å²) in [7, 11) is 0. The molecule has 0 aliphatic carbocycles. The van der Waals surface area contributed by atoms with Crippen molar-refractivity contribution in [3.63, 3.8) is 0 Å². The molecule has 1 aliphatic heterocycles. The highest BCUT2D eigenvalue weighted by Crippen LogP contribution is 2.22. The van der Waals surface area contributed by atoms with E-state index < -0.39 is 0 Å². The van der Waals surface area contributed by atoms with E-state index in [1.165, 1.54) is 45.2 Å². The highest BCUT2D eigenvalue weighted by atomic mass is 16.2. The Morgan fingerprint density at radius 3 is 2.47 bits per heavy atom. The number of rotatable bonds is 6. The number of hydrogen-bond acceptors (Lipinski definition) is 2. The second-order valence-corrected chi connectivity index (χ2v) is 5.03. The largest absolute Gasteiger partial charge is 0.396 e. The van der Waals surface area contributed by atoms with Gasteiger partial charge in [0, 0.05) is 12.6 Å². The van der Waals surface area contributed by atoms with Crippen LogP contribution in [0.15, 0.2) is 0 Å². The molecular formula is C13H27NO. The van der Waals surface area contributed by atoms with Gasteiger partial charge in [-0.15, -0.1) is 0 Å². The van der Waals surface area contributed by atoms with Crippen LogP contribution in [0.2, 0.25) is 0 Å². The SMILES string of the molecule is CCCC(CCCO)N1CCC(C)CC1. The number of hydrogen-bond donors (Lipinski definition) is 1. The van der Waals surface area contributed by atoms with Crippen LogP contribution in [-0.4, -0.2) is 35.7 Å². The van der Waals surface area contributed by atoms with Crippen molar-refractivity contribution in [1.82, 2.24) is 4.90 Å². The molecule has 1 atom stereocenters. The van der Waals surface area contributed by atoms with Crippen molar-refractivity contribution in [3.8, 4) is 0 Å². The number of nitrogens with zero attached hydrogens (tertiary/aromatic N) is 1. The van der Waals surface area contributed by atoms with E-state index in [1.54, 1.807) is 0 Å². The summed E-state index contributed by atoms with van der Waals surface area (Å²) < 4.78 is 0. The normalized spacial score (nSPS) is 21.8. The van der Waals surface area contributed by atoms with Crippen LogP contribution in [0.25, 0.3) is 0 Å². The van der Waals surface area contributed by atoms with E-state index in [9.17, 15) is 0 Å². The van der Waals surface area contributed by atoms with E-state index in [0.717, 1.165) is 18.4 Å². The summed E-state index contributed by atoms with van der Waals surface area (Å²) in [6.45, 7) is 7.53. The fraction of sp³-hybridized carbons (Fsp3) is 1.00. The quantitative estimate of drug-likeness (QED) is 0.733. The van der Waals surface area contributed by atoms with Crippen LogP contribution in [0.1, 0.15) is 52.4 Å². The monoisotopic (exact) mass is 213 g/mol. The van der Waals surface area contributed by atoms with E-state index in [4.69, 9.17) is 5.11 Å². The molecule has 1 fully saturated rings. The number of aliphatic hydroxyl groups is 1. The Kier molecular flexibility index (Phi) is 6.26. The van der Waals surface area contributed by atoms with Gasteiger partial charge >= 0.3 is 0 Å². The maximum Gasteiger partial charge on any atom is 0.0431 e. The minimum atomic E-state index is 0.352. The summed E-state index contributed by atoms with van der Waals surface area (Å²) in [5.41, 5.74) is 0. The Morgan fingerprint density at radius 2 is 1.93 bits per heavy atom. The minimum Gasteiger partial charge on any atom is -0.396 e. The molecule has 0 aromatic heterocycles. The van der Waals surface area contributed by atoms with Gasteiger partial charge in [0.05, 0.1) is 0 Å². The van der Waals surface area contributed by atoms with Gasteiger partial charge < -0.3 is 10.0 Å². The predicted molar refractivity (Wildman–Crippen MR) is 65.0 cm³/mol. The zero-order valence-electron chi connectivity index (χ0n) is 10.4. The first kappa shape index (κ1) is 13.0. The first-order valence-corrected chi connectivity index (χ1v) is 6.62. The third-order valence-electron chi connectivity index (χ3n) is 3.65. The Morgan fingerprint density at radius 1 is 1.27 bits per heavy atom. The zero-order valence-corrected chi connectivity index (χ0v) is 10.4. The zero-order chi connectivity index (χ0) is 11.1. The van der Waals surface area contributed by atoms with Crippen LogP contribution in [0.5, 0.6) is 0 Å². The molecule has 1 unspecified atom stereocenters. The summed E-state index contributed by atoms with van der Waals surface area (Å²) in [5.74, 6) is 0.918. The van der Waals surface area contributed by atoms with Crippen molar-refractivity contribution in [2.75, 3.05) is 19.7 Å². The average molecular weight is 213 g/mol. The number of piperidine rings is 1. The lowest BCUT2D eigenvalue weighted by Crippen LogP contribution is -2.41. The van der Waals surface area contributed by atoms with Crippen LogP contribution in [-0.2, 0) is 0 Å². The summed E-state index contributed by atoms with van der Waals surface area (Å²) in [6, 6.07) is 0.731. The molecule has 1 N–H and O–H groups in total. The standard InChI is InChI=1S/C13H27NO/c1-3-5-13(6-4-11-15)14-9-7-12(2)8-10-14/h12-13,15H,3-11H2,1-2H3. The fourth-order valence-electron chi connectivity index (χ4n) is 2.56. The molecule has 2 nitrogen and oxygen atoms in total. The molecule has 1 rings (SSSR count). The van der Waals surface area contributed by atoms with Crippen molar-refractivity contribution in [3.05, 3.63) is 0 Å². The molecule has 90 valence electrons. The Balaban J connectivity index is 2.33. The molecule has 0 amide bonds. The van der Waals surface area contributed by atoms with E-state index in [0.29, 0.717) is 6.61 Å². The summed E-state index contributed by atoms with van der Waals surface area (Å²) in [4.78, 5) is 2.65. The molecule has 15 heavy (non-hydrogen) atoms. The van der Waals surface area contributed by atoms with Crippen LogP contribution >= 0.6 is 0 Å². The number of likely N-dealkylation sites (tertiary alicyclic amines) is 1. The molecule has 0 spiro atoms. The van der Waals surface area contributed by atoms with Gasteiger partial charge in [-0.05, 0) is 51.1 Å². The summed E-state index contributed by atoms with van der Waals surface area (Å²) in [5, 5.41) is 8.91. The fourth-order valence-corrected chi connectivity index (χ4v) is 2.56. The highest BCUT2D eigenvalue weighted by molar-refractivity contribution is 4.77. The molecule has 0 bridgehead atoms. The van der Waals surface area contributed by atoms with Crippen LogP contribution in [0, 0.1) is 5.92 Å². The van der Waals surface area contributed by atoms with Crippen LogP contribution in [0.3, 0.4) is 0 Å². The lowest BCUT2D eigenvalue weighted by molar-refractivity contribution is 0.118. The van der Waals surface area contributed by atoms with E-state index in [2.05, 4.69) is 18.7 Å². The molecule has 1 aliphatic rings. The minimum absolute atomic E-state index is 0.352. The first-order valence-electron chi connectivity index (χ1n) is 6.62. The van der Waals surface area contributed by atoms with Crippen molar-refractivity contribution in [1.29, 1.82) is 0 Å². The lowest BCUT2D eigenvalue weighted by Gasteiger charge is -2.36. The Bertz CT molecular complexity index is 153. The molecule has 0 saturated carbocycles. The van der Waals surface area contributed by atoms with Gasteiger partial charge in [-0.25, -0.2) is 0 Å². The van der Waals surface area contributed by atoms with Crippen molar-refractivity contribution in [2.45, 2.75) is 58.4 Å². The topological polar surface area (TPSA) is 23.5 Å². The van der Waals surface area contributed by atoms with Crippen molar-refractivity contribution in [2.24, 2.45) is 5.92 Å². The predicted octanol–water partition coefficient (Wildman–Crippen LogP) is 2.66. The maximum absolute atomic E-state index is 8.91. The summed E-state index contributed by atoms with van der Waals surface area (Å²) >= 11 is 0. The molecule has 1 saturated heterocycles. The van der Waals surface area contributed by atoms with Crippen molar-refractivity contribution >= 4 is 0 Å². The van der Waals surface area contributed by atoms with Crippen molar-refractivity contribution < 1.29 is 5.11 Å². The van der Waals surface area contributed by atoms with Gasteiger partial charge in [-0.3, -0.25) is 0 Å². The van der Waals surface area contributed by atoms with Gasteiger partial charge in [0.25, 0.3) is 0 Å². The molecule has 0 aromatic rings. The first-order chi connectivity index (χ1) is 7.27. The molecule has 1 heterocycles. The number of aliphatic hydroxyl groups excluding tert-OH is 1. The third kappa shape index (κ3) is 4.52. The van der Waals surface area contributed by atoms with Crippen LogP contribution < -0.4 is 0 Å². The Hall–Kier alpha value is -0.0800. The molecule has 0 radical (unpaired) electrons. The maximum atomic E-state index is 8.91. The smallest absolute Gasteiger partial charge is 0.0431 e. The second kappa shape index (κ2) is 7.24. The van der Waals surface area contributed by atoms with E-state index >= 15 is 0 Å². The van der Waals surface area contributed by atoms with Gasteiger partial charge in [0.15, 0.2) is 0 Å². The second-order valence-electron chi connectivity index (χ2n) is 5.03. The lowest BCUT2D eigenvalue weighted by atomic mass is 9.95. The van der Waals surface area contributed by atoms with Gasteiger partial charge in [0.1, 0.15) is 0 Å². The summed E-state index contributed by atoms with van der Waals surface area (Å²) in [6.07, 6.45) is 7.44. The highest BCUT2D eigenvalue weighted by Gasteiger charge is 2.21. The van der Waals surface area contributed by atoms with Gasteiger partial charge in [-0.2, -0.15) is 0 Å². The van der Waals surface area contributed by atoms with E-state index in [-0.39, 0.29) is 0 Å². The molecule has 2 heteroatoms. The van der Waals surface area contributed by atoms with Crippen LogP contribution in [0.4, 0.5) is 0 Å². The van der Waals surface area contributed by atoms with E-state index in [1.807, 2.05) is 0 Å². The molecular weight excluding hydrogens is 186 g/mol. The Labute approximate surface area is 94.7 Å². The van der Waals surface area contributed by atoms with Gasteiger partial charge in [0.2, 0.25) is 0 Å². The third-order valence-corrected chi connectivity index (χ3v) is 3.65. The van der Waals surface area contributed by atoms with Gasteiger partial charge in [-0.1, -0.05) is 20.3 Å². The molecule has 0 aromatic carbocycles.